The molecule has 154 valence electrons. The second kappa shape index (κ2) is 8.03. The first-order valence-electron chi connectivity index (χ1n) is 10.8. The second-order valence-corrected chi connectivity index (χ2v) is 8.42. The molecule has 2 N–H and O–H groups in total. The van der Waals surface area contributed by atoms with Gasteiger partial charge in [0.1, 0.15) is 5.75 Å². The highest BCUT2D eigenvalue weighted by molar-refractivity contribution is 5.74. The molecule has 1 saturated carbocycles. The Bertz CT molecular complexity index is 1010. The Morgan fingerprint density at radius 2 is 1.83 bits per heavy atom. The molecule has 0 radical (unpaired) electrons. The zero-order valence-electron chi connectivity index (χ0n) is 17.3. The highest BCUT2D eigenvalue weighted by atomic mass is 16.3. The van der Waals surface area contributed by atoms with Crippen LogP contribution in [0.1, 0.15) is 31.4 Å². The number of aromatic nitrogens is 3. The summed E-state index contributed by atoms with van der Waals surface area (Å²) in [6.45, 7) is 3.94. The van der Waals surface area contributed by atoms with Crippen molar-refractivity contribution in [2.75, 3.05) is 18.0 Å². The number of aryl methyl sites for hydroxylation is 1. The molecule has 3 heterocycles. The van der Waals surface area contributed by atoms with E-state index < -0.39 is 0 Å². The molecule has 2 aromatic heterocycles. The number of anilines is 1. The van der Waals surface area contributed by atoms with Crippen LogP contribution in [0.3, 0.4) is 0 Å². The molecule has 0 bridgehead atoms. The highest BCUT2D eigenvalue weighted by Crippen LogP contribution is 2.33. The predicted octanol–water partition coefficient (Wildman–Crippen LogP) is 3.94. The fourth-order valence-corrected chi connectivity index (χ4v) is 4.22. The Labute approximate surface area is 177 Å². The maximum absolute atomic E-state index is 10.6. The Balaban J connectivity index is 1.29. The summed E-state index contributed by atoms with van der Waals surface area (Å²) >= 11 is 0. The first-order chi connectivity index (χ1) is 14.7. The summed E-state index contributed by atoms with van der Waals surface area (Å²) in [7, 11) is 0. The lowest BCUT2D eigenvalue weighted by molar-refractivity contribution is 0.311. The van der Waals surface area contributed by atoms with Gasteiger partial charge in [0.25, 0.3) is 0 Å². The van der Waals surface area contributed by atoms with Crippen molar-refractivity contribution in [3.05, 3.63) is 54.4 Å². The van der Waals surface area contributed by atoms with Crippen LogP contribution in [-0.4, -0.2) is 45.5 Å². The lowest BCUT2D eigenvalue weighted by Gasteiger charge is -2.29. The van der Waals surface area contributed by atoms with E-state index in [1.165, 1.54) is 19.3 Å². The van der Waals surface area contributed by atoms with E-state index in [9.17, 15) is 5.11 Å². The van der Waals surface area contributed by atoms with E-state index in [4.69, 9.17) is 0 Å². The number of aromatic hydroxyl groups is 1. The van der Waals surface area contributed by atoms with E-state index in [2.05, 4.69) is 25.4 Å². The van der Waals surface area contributed by atoms with Crippen molar-refractivity contribution in [2.24, 2.45) is 0 Å². The maximum atomic E-state index is 10.6. The molecule has 2 fully saturated rings. The minimum absolute atomic E-state index is 0.195. The molecule has 1 aliphatic heterocycles. The largest absolute Gasteiger partial charge is 0.507 e. The van der Waals surface area contributed by atoms with Gasteiger partial charge in [0.15, 0.2) is 5.82 Å². The topological polar surface area (TPSA) is 74.2 Å². The summed E-state index contributed by atoms with van der Waals surface area (Å²) in [5.41, 5.74) is 4.23. The molecule has 1 saturated heterocycles. The number of pyridine rings is 1. The molecular formula is C24H27N5O. The van der Waals surface area contributed by atoms with Crippen molar-refractivity contribution < 1.29 is 5.11 Å². The van der Waals surface area contributed by atoms with Crippen molar-refractivity contribution in [1.29, 1.82) is 0 Å². The van der Waals surface area contributed by atoms with Crippen LogP contribution in [0, 0.1) is 6.92 Å². The standard InChI is InChI=1S/C24H27N5O/c1-16-5-6-18(14-25-16)17-7-8-21(23(30)13-17)22-9-10-24(28-27-22)29-12-11-20(15-29)26-19-3-2-4-19/h5-10,13-14,19-20,26,30H,2-4,11-12,15H2,1H3. The summed E-state index contributed by atoms with van der Waals surface area (Å²) in [5, 5.41) is 23.2. The molecular weight excluding hydrogens is 374 g/mol. The van der Waals surface area contributed by atoms with Crippen LogP contribution < -0.4 is 10.2 Å². The first-order valence-corrected chi connectivity index (χ1v) is 10.8. The Morgan fingerprint density at radius 3 is 2.50 bits per heavy atom. The zero-order valence-corrected chi connectivity index (χ0v) is 17.3. The average Bonchev–Trinajstić information content (AvgIpc) is 3.20. The quantitative estimate of drug-likeness (QED) is 0.675. The smallest absolute Gasteiger partial charge is 0.151 e. The average molecular weight is 402 g/mol. The summed E-state index contributed by atoms with van der Waals surface area (Å²) in [4.78, 5) is 6.62. The highest BCUT2D eigenvalue weighted by Gasteiger charge is 2.27. The van der Waals surface area contributed by atoms with E-state index in [1.807, 2.05) is 49.5 Å². The van der Waals surface area contributed by atoms with Crippen LogP contribution in [0.25, 0.3) is 22.4 Å². The predicted molar refractivity (Wildman–Crippen MR) is 118 cm³/mol. The normalized spacial score (nSPS) is 19.1. The number of hydrogen-bond donors (Lipinski definition) is 2. The van der Waals surface area contributed by atoms with Crippen LogP contribution in [0.4, 0.5) is 5.82 Å². The molecule has 2 aliphatic rings. The van der Waals surface area contributed by atoms with Crippen molar-refractivity contribution in [2.45, 2.75) is 44.7 Å². The minimum atomic E-state index is 0.195. The third-order valence-corrected chi connectivity index (χ3v) is 6.26. The molecule has 1 aromatic carbocycles. The molecule has 0 amide bonds. The number of benzene rings is 1. The van der Waals surface area contributed by atoms with Gasteiger partial charge < -0.3 is 15.3 Å². The number of phenols is 1. The Hall–Kier alpha value is -2.99. The van der Waals surface area contributed by atoms with Gasteiger partial charge >= 0.3 is 0 Å². The fraction of sp³-hybridized carbons (Fsp3) is 0.375. The van der Waals surface area contributed by atoms with Crippen LogP contribution in [0.2, 0.25) is 0 Å². The van der Waals surface area contributed by atoms with Crippen LogP contribution in [0.15, 0.2) is 48.7 Å². The second-order valence-electron chi connectivity index (χ2n) is 8.42. The Kier molecular flexibility index (Phi) is 5.09. The lowest BCUT2D eigenvalue weighted by Crippen LogP contribution is -2.43. The summed E-state index contributed by atoms with van der Waals surface area (Å²) in [6.07, 6.45) is 6.95. The SMILES string of the molecule is Cc1ccc(-c2ccc(-c3ccc(N4CCC(NC5CCC5)C4)nn3)c(O)c2)cn1. The monoisotopic (exact) mass is 401 g/mol. The Morgan fingerprint density at radius 1 is 0.967 bits per heavy atom. The van der Waals surface area contributed by atoms with Crippen molar-refractivity contribution in [3.63, 3.8) is 0 Å². The van der Waals surface area contributed by atoms with Crippen LogP contribution in [-0.2, 0) is 0 Å². The molecule has 1 unspecified atom stereocenters. The van der Waals surface area contributed by atoms with Gasteiger partial charge in [-0.1, -0.05) is 18.6 Å². The van der Waals surface area contributed by atoms with Gasteiger partial charge in [-0.05, 0) is 62.1 Å². The third kappa shape index (κ3) is 3.87. The zero-order chi connectivity index (χ0) is 20.5. The van der Waals surface area contributed by atoms with E-state index in [-0.39, 0.29) is 5.75 Å². The number of hydrogen-bond acceptors (Lipinski definition) is 6. The number of nitrogens with zero attached hydrogens (tertiary/aromatic N) is 4. The summed E-state index contributed by atoms with van der Waals surface area (Å²) in [6, 6.07) is 14.8. The van der Waals surface area contributed by atoms with Gasteiger partial charge in [0.05, 0.1) is 5.69 Å². The van der Waals surface area contributed by atoms with Gasteiger partial charge in [0, 0.05) is 48.2 Å². The van der Waals surface area contributed by atoms with Gasteiger partial charge in [-0.25, -0.2) is 0 Å². The summed E-state index contributed by atoms with van der Waals surface area (Å²) in [5.74, 6) is 1.10. The van der Waals surface area contributed by atoms with Gasteiger partial charge in [-0.3, -0.25) is 4.98 Å². The van der Waals surface area contributed by atoms with Crippen LogP contribution in [0.5, 0.6) is 5.75 Å². The van der Waals surface area contributed by atoms with Crippen molar-refractivity contribution in [3.8, 4) is 28.1 Å². The lowest BCUT2D eigenvalue weighted by atomic mass is 9.92. The van der Waals surface area contributed by atoms with E-state index in [0.717, 1.165) is 42.1 Å². The molecule has 5 rings (SSSR count). The first kappa shape index (κ1) is 19.0. The summed E-state index contributed by atoms with van der Waals surface area (Å²) < 4.78 is 0. The molecule has 6 nitrogen and oxygen atoms in total. The molecule has 1 atom stereocenters. The van der Waals surface area contributed by atoms with E-state index >= 15 is 0 Å². The molecule has 1 aliphatic carbocycles. The van der Waals surface area contributed by atoms with Gasteiger partial charge in [-0.2, -0.15) is 0 Å². The van der Waals surface area contributed by atoms with Gasteiger partial charge in [-0.15, -0.1) is 10.2 Å². The van der Waals surface area contributed by atoms with Gasteiger partial charge in [0.2, 0.25) is 0 Å². The number of nitrogens with one attached hydrogen (secondary N) is 1. The molecule has 6 heteroatoms. The van der Waals surface area contributed by atoms with Crippen molar-refractivity contribution >= 4 is 5.82 Å². The van der Waals surface area contributed by atoms with Crippen LogP contribution >= 0.6 is 0 Å². The molecule has 3 aromatic rings. The molecule has 30 heavy (non-hydrogen) atoms. The third-order valence-electron chi connectivity index (χ3n) is 6.26. The van der Waals surface area contributed by atoms with E-state index in [1.54, 1.807) is 6.07 Å². The molecule has 0 spiro atoms. The minimum Gasteiger partial charge on any atom is -0.507 e. The maximum Gasteiger partial charge on any atom is 0.151 e. The number of rotatable bonds is 5. The number of phenolic OH excluding ortho intramolecular Hbond substituents is 1. The fourth-order valence-electron chi connectivity index (χ4n) is 4.22. The van der Waals surface area contributed by atoms with Crippen molar-refractivity contribution in [1.82, 2.24) is 20.5 Å². The van der Waals surface area contributed by atoms with E-state index in [0.29, 0.717) is 23.3 Å².